The summed E-state index contributed by atoms with van der Waals surface area (Å²) < 4.78 is 11.6. The first-order valence-electron chi connectivity index (χ1n) is 9.54. The molecule has 1 aliphatic carbocycles. The number of nitrogens with zero attached hydrogens (tertiary/aromatic N) is 1. The highest BCUT2D eigenvalue weighted by Crippen LogP contribution is 2.64. The molecule has 2 aliphatic rings. The second-order valence-corrected chi connectivity index (χ2v) is 7.70. The van der Waals surface area contributed by atoms with E-state index in [0.717, 1.165) is 11.1 Å². The molecule has 0 radical (unpaired) electrons. The standard InChI is InChI=1S/C23H21NO6/c1-12-10-19-20(11-13(12)2)24(14(3)25)23(30-16(5)27)18-9-7-6-8-17(18)21(28)22(19,23)29-15(4)26/h6-11H,1-5H3. The number of fused-ring (bicyclic) bond motifs is 5. The molecule has 2 aromatic rings. The number of anilines is 1. The monoisotopic (exact) mass is 407 g/mol. The third-order valence-electron chi connectivity index (χ3n) is 5.78. The highest BCUT2D eigenvalue weighted by molar-refractivity contribution is 6.16. The van der Waals surface area contributed by atoms with Gasteiger partial charge in [0.25, 0.3) is 11.3 Å². The molecule has 7 nitrogen and oxygen atoms in total. The molecule has 1 aliphatic heterocycles. The average molecular weight is 407 g/mol. The largest absolute Gasteiger partial charge is 0.439 e. The number of aryl methyl sites for hydroxylation is 2. The summed E-state index contributed by atoms with van der Waals surface area (Å²) in [6.07, 6.45) is 0. The molecule has 1 heterocycles. The molecule has 2 unspecified atom stereocenters. The second kappa shape index (κ2) is 6.26. The molecule has 30 heavy (non-hydrogen) atoms. The van der Waals surface area contributed by atoms with Gasteiger partial charge in [-0.2, -0.15) is 0 Å². The van der Waals surface area contributed by atoms with Crippen molar-refractivity contribution in [2.75, 3.05) is 4.90 Å². The topological polar surface area (TPSA) is 90.0 Å². The molecule has 4 rings (SSSR count). The molecule has 0 N–H and O–H groups in total. The number of esters is 2. The molecule has 0 saturated heterocycles. The van der Waals surface area contributed by atoms with Crippen LogP contribution in [0.1, 0.15) is 53.4 Å². The minimum absolute atomic E-state index is 0.232. The molecule has 2 aromatic carbocycles. The van der Waals surface area contributed by atoms with Crippen molar-refractivity contribution in [3.63, 3.8) is 0 Å². The van der Waals surface area contributed by atoms with E-state index >= 15 is 0 Å². The maximum atomic E-state index is 13.8. The van der Waals surface area contributed by atoms with Crippen molar-refractivity contribution in [2.45, 2.75) is 45.9 Å². The Hall–Kier alpha value is -3.48. The molecule has 7 heteroatoms. The smallest absolute Gasteiger partial charge is 0.305 e. The van der Waals surface area contributed by atoms with Crippen LogP contribution in [-0.2, 0) is 35.2 Å². The van der Waals surface area contributed by atoms with Gasteiger partial charge < -0.3 is 9.47 Å². The lowest BCUT2D eigenvalue weighted by Crippen LogP contribution is -2.60. The van der Waals surface area contributed by atoms with Crippen LogP contribution in [0.15, 0.2) is 36.4 Å². The van der Waals surface area contributed by atoms with Gasteiger partial charge in [-0.1, -0.05) is 24.3 Å². The Kier molecular flexibility index (Phi) is 4.13. The zero-order valence-electron chi connectivity index (χ0n) is 17.4. The molecule has 2 atom stereocenters. The summed E-state index contributed by atoms with van der Waals surface area (Å²) in [5.74, 6) is -2.45. The minimum atomic E-state index is -2.03. The highest BCUT2D eigenvalue weighted by Gasteiger charge is 2.78. The number of ether oxygens (including phenoxy) is 2. The van der Waals surface area contributed by atoms with E-state index in [1.165, 1.54) is 25.7 Å². The average Bonchev–Trinajstić information content (AvgIpc) is 2.98. The van der Waals surface area contributed by atoms with Crippen LogP contribution >= 0.6 is 0 Å². The summed E-state index contributed by atoms with van der Waals surface area (Å²) in [6.45, 7) is 7.42. The predicted molar refractivity (Wildman–Crippen MR) is 107 cm³/mol. The fraction of sp³-hybridized carbons (Fsp3) is 0.304. The normalized spacial score (nSPS) is 23.5. The van der Waals surface area contributed by atoms with E-state index in [-0.39, 0.29) is 5.56 Å². The Morgan fingerprint density at radius 1 is 0.867 bits per heavy atom. The van der Waals surface area contributed by atoms with Crippen LogP contribution in [0.25, 0.3) is 0 Å². The maximum Gasteiger partial charge on any atom is 0.305 e. The molecular weight excluding hydrogens is 386 g/mol. The minimum Gasteiger partial charge on any atom is -0.439 e. The van der Waals surface area contributed by atoms with Crippen LogP contribution in [0.2, 0.25) is 0 Å². The Bertz CT molecular complexity index is 1150. The first-order chi connectivity index (χ1) is 14.1. The number of Topliss-reactive ketones (excluding diaryl/α,β-unsaturated/α-hetero) is 1. The van der Waals surface area contributed by atoms with Crippen molar-refractivity contribution in [1.29, 1.82) is 0 Å². The van der Waals surface area contributed by atoms with Crippen LogP contribution < -0.4 is 4.90 Å². The third kappa shape index (κ3) is 2.20. The van der Waals surface area contributed by atoms with Crippen LogP contribution in [0, 0.1) is 13.8 Å². The number of ketones is 1. The Morgan fingerprint density at radius 2 is 1.47 bits per heavy atom. The second-order valence-electron chi connectivity index (χ2n) is 7.70. The third-order valence-corrected chi connectivity index (χ3v) is 5.78. The molecule has 1 amide bonds. The summed E-state index contributed by atoms with van der Waals surface area (Å²) in [5, 5.41) is 0. The maximum absolute atomic E-state index is 13.8. The van der Waals surface area contributed by atoms with Gasteiger partial charge in [0, 0.05) is 37.5 Å². The molecule has 0 fully saturated rings. The number of rotatable bonds is 2. The molecule has 0 saturated carbocycles. The van der Waals surface area contributed by atoms with E-state index in [1.54, 1.807) is 36.4 Å². The number of carbonyl (C=O) groups excluding carboxylic acids is 4. The number of hydrogen-bond donors (Lipinski definition) is 0. The van der Waals surface area contributed by atoms with Crippen molar-refractivity contribution in [3.8, 4) is 0 Å². The van der Waals surface area contributed by atoms with Crippen molar-refractivity contribution in [2.24, 2.45) is 0 Å². The Labute approximate surface area is 173 Å². The van der Waals surface area contributed by atoms with Gasteiger partial charge in [0.1, 0.15) is 0 Å². The lowest BCUT2D eigenvalue weighted by Gasteiger charge is -2.42. The van der Waals surface area contributed by atoms with Crippen molar-refractivity contribution in [3.05, 3.63) is 64.2 Å². The van der Waals surface area contributed by atoms with E-state index in [1.807, 2.05) is 13.8 Å². The van der Waals surface area contributed by atoms with Crippen molar-refractivity contribution in [1.82, 2.24) is 0 Å². The fourth-order valence-corrected chi connectivity index (χ4v) is 4.69. The summed E-state index contributed by atoms with van der Waals surface area (Å²) in [7, 11) is 0. The predicted octanol–water partition coefficient (Wildman–Crippen LogP) is 3.04. The van der Waals surface area contributed by atoms with Gasteiger partial charge in [-0.3, -0.25) is 24.1 Å². The van der Waals surface area contributed by atoms with Crippen LogP contribution in [0.4, 0.5) is 5.69 Å². The number of amides is 1. The first-order valence-corrected chi connectivity index (χ1v) is 9.54. The van der Waals surface area contributed by atoms with Crippen LogP contribution in [0.3, 0.4) is 0 Å². The van der Waals surface area contributed by atoms with Gasteiger partial charge in [-0.15, -0.1) is 0 Å². The SMILES string of the molecule is CC(=O)OC12C(=O)c3ccccc3C1(OC(C)=O)N(C(C)=O)c1cc(C)c(C)cc12. The van der Waals surface area contributed by atoms with E-state index in [9.17, 15) is 19.2 Å². The zero-order valence-corrected chi connectivity index (χ0v) is 17.4. The van der Waals surface area contributed by atoms with E-state index in [2.05, 4.69) is 0 Å². The van der Waals surface area contributed by atoms with Gasteiger partial charge in [0.05, 0.1) is 5.69 Å². The number of hydrogen-bond acceptors (Lipinski definition) is 6. The lowest BCUT2D eigenvalue weighted by atomic mass is 9.84. The Balaban J connectivity index is 2.23. The fourth-order valence-electron chi connectivity index (χ4n) is 4.69. The molecule has 0 aromatic heterocycles. The molecule has 0 bridgehead atoms. The number of carbonyl (C=O) groups is 4. The van der Waals surface area contributed by atoms with Crippen LogP contribution in [-0.4, -0.2) is 23.6 Å². The first kappa shape index (κ1) is 19.8. The lowest BCUT2D eigenvalue weighted by molar-refractivity contribution is -0.200. The van der Waals surface area contributed by atoms with Crippen molar-refractivity contribution >= 4 is 29.3 Å². The summed E-state index contributed by atoms with van der Waals surface area (Å²) in [6, 6.07) is 10.0. The van der Waals surface area contributed by atoms with Gasteiger partial charge in [0.2, 0.25) is 11.7 Å². The Morgan fingerprint density at radius 3 is 2.07 bits per heavy atom. The summed E-state index contributed by atoms with van der Waals surface area (Å²) in [4.78, 5) is 52.7. The number of benzene rings is 2. The van der Waals surface area contributed by atoms with Crippen LogP contribution in [0.5, 0.6) is 0 Å². The summed E-state index contributed by atoms with van der Waals surface area (Å²) in [5.41, 5.74) is -1.07. The van der Waals surface area contributed by atoms with Gasteiger partial charge in [-0.25, -0.2) is 0 Å². The zero-order chi connectivity index (χ0) is 22.0. The van der Waals surface area contributed by atoms with Crippen molar-refractivity contribution < 1.29 is 28.7 Å². The van der Waals surface area contributed by atoms with E-state index < -0.39 is 35.0 Å². The van der Waals surface area contributed by atoms with E-state index in [4.69, 9.17) is 9.47 Å². The molecule has 0 spiro atoms. The molecular formula is C23H21NO6. The van der Waals surface area contributed by atoms with E-state index in [0.29, 0.717) is 16.8 Å². The van der Waals surface area contributed by atoms with Gasteiger partial charge >= 0.3 is 11.9 Å². The summed E-state index contributed by atoms with van der Waals surface area (Å²) >= 11 is 0. The molecule has 154 valence electrons. The van der Waals surface area contributed by atoms with Gasteiger partial charge in [-0.05, 0) is 37.1 Å². The highest BCUT2D eigenvalue weighted by atomic mass is 16.6. The quantitative estimate of drug-likeness (QED) is 0.711. The van der Waals surface area contributed by atoms with Gasteiger partial charge in [0.15, 0.2) is 0 Å².